The quantitative estimate of drug-likeness (QED) is 0.227. The van der Waals surface area contributed by atoms with E-state index >= 15 is 0 Å². The van der Waals surface area contributed by atoms with Crippen LogP contribution in [0, 0.1) is 5.82 Å². The maximum atomic E-state index is 13.3. The number of nitrogens with zero attached hydrogens (tertiary/aromatic N) is 2. The Morgan fingerprint density at radius 2 is 1.16 bits per heavy atom. The van der Waals surface area contributed by atoms with Crippen LogP contribution in [-0.2, 0) is 5.41 Å². The van der Waals surface area contributed by atoms with Crippen molar-refractivity contribution in [3.05, 3.63) is 145 Å². The van der Waals surface area contributed by atoms with Crippen molar-refractivity contribution in [1.82, 2.24) is 9.55 Å². The molecule has 7 rings (SSSR count). The highest BCUT2D eigenvalue weighted by molar-refractivity contribution is 6.08. The molecule has 0 fully saturated rings. The zero-order chi connectivity index (χ0) is 29.6. The number of nitrogens with one attached hydrogen (secondary N) is 1. The largest absolute Gasteiger partial charge is 0.356 e. The van der Waals surface area contributed by atoms with E-state index in [1.54, 1.807) is 12.1 Å². The zero-order valence-electron chi connectivity index (χ0n) is 24.5. The fraction of sp³-hybridized carbons (Fsp3) is 0.103. The van der Waals surface area contributed by atoms with Gasteiger partial charge in [0.15, 0.2) is 0 Å². The third-order valence-electron chi connectivity index (χ3n) is 8.08. The van der Waals surface area contributed by atoms with Crippen LogP contribution in [0.3, 0.4) is 0 Å². The third-order valence-corrected chi connectivity index (χ3v) is 8.08. The van der Waals surface area contributed by atoms with Crippen molar-refractivity contribution >= 4 is 33.3 Å². The summed E-state index contributed by atoms with van der Waals surface area (Å²) in [5.74, 6) is -0.226. The molecule has 0 unspecified atom stereocenters. The third kappa shape index (κ3) is 5.17. The van der Waals surface area contributed by atoms with Gasteiger partial charge in [0.1, 0.15) is 5.82 Å². The van der Waals surface area contributed by atoms with Crippen molar-refractivity contribution in [2.24, 2.45) is 0 Å². The van der Waals surface area contributed by atoms with Crippen molar-refractivity contribution in [2.45, 2.75) is 26.2 Å². The second kappa shape index (κ2) is 10.6. The number of hydrogen-bond donors (Lipinski definition) is 1. The molecule has 0 saturated carbocycles. The lowest BCUT2D eigenvalue weighted by Crippen LogP contribution is -2.10. The van der Waals surface area contributed by atoms with Crippen molar-refractivity contribution in [3.63, 3.8) is 0 Å². The molecule has 3 nitrogen and oxygen atoms in total. The Kier molecular flexibility index (Phi) is 6.55. The van der Waals surface area contributed by atoms with Crippen molar-refractivity contribution < 1.29 is 4.39 Å². The monoisotopic (exact) mass is 561 g/mol. The van der Waals surface area contributed by atoms with Gasteiger partial charge in [-0.2, -0.15) is 0 Å². The molecule has 0 saturated heterocycles. The summed E-state index contributed by atoms with van der Waals surface area (Å²) >= 11 is 0. The molecule has 0 atom stereocenters. The van der Waals surface area contributed by atoms with Crippen LogP contribution >= 0.6 is 0 Å². The van der Waals surface area contributed by atoms with Crippen LogP contribution < -0.4 is 5.32 Å². The van der Waals surface area contributed by atoms with Gasteiger partial charge in [-0.15, -0.1) is 0 Å². The Hall–Kier alpha value is -5.22. The summed E-state index contributed by atoms with van der Waals surface area (Å²) in [5.41, 5.74) is 12.1. The number of pyridine rings is 1. The summed E-state index contributed by atoms with van der Waals surface area (Å²) in [6.07, 6.45) is 1.87. The molecule has 0 bridgehead atoms. The highest BCUT2D eigenvalue weighted by Gasteiger charge is 2.16. The van der Waals surface area contributed by atoms with Gasteiger partial charge in [-0.3, -0.25) is 4.98 Å². The normalized spacial score (nSPS) is 11.7. The Morgan fingerprint density at radius 1 is 0.605 bits per heavy atom. The summed E-state index contributed by atoms with van der Waals surface area (Å²) in [6.45, 7) is 6.72. The first-order chi connectivity index (χ1) is 20.8. The first kappa shape index (κ1) is 26.7. The molecule has 4 heteroatoms. The molecule has 210 valence electrons. The van der Waals surface area contributed by atoms with Crippen LogP contribution in [-0.4, -0.2) is 9.55 Å². The first-order valence-electron chi connectivity index (χ1n) is 14.6. The van der Waals surface area contributed by atoms with Gasteiger partial charge in [-0.25, -0.2) is 4.39 Å². The number of anilines is 2. The van der Waals surface area contributed by atoms with Crippen molar-refractivity contribution in [1.29, 1.82) is 0 Å². The second-order valence-electron chi connectivity index (χ2n) is 12.0. The Morgan fingerprint density at radius 3 is 1.77 bits per heavy atom. The predicted molar refractivity (Wildman–Crippen MR) is 178 cm³/mol. The van der Waals surface area contributed by atoms with E-state index in [1.165, 1.54) is 17.7 Å². The maximum absolute atomic E-state index is 13.3. The van der Waals surface area contributed by atoms with Gasteiger partial charge < -0.3 is 9.88 Å². The Bertz CT molecular complexity index is 2050. The number of rotatable bonds is 5. The molecule has 43 heavy (non-hydrogen) atoms. The highest BCUT2D eigenvalue weighted by atomic mass is 19.1. The molecule has 0 amide bonds. The number of halogens is 1. The second-order valence-corrected chi connectivity index (χ2v) is 12.0. The standard InChI is InChI=1S/C39H32FN3/c1-39(2,3)30-13-21-34(22-14-30)43-36-23-12-29(25-35(36)38-37(43)5-4-24-41-38)28-10-19-33(20-11-28)42-32-17-8-27(9-18-32)26-6-15-31(40)16-7-26/h4-25,42H,1-3H3. The zero-order valence-corrected chi connectivity index (χ0v) is 24.5. The molecule has 0 aliphatic heterocycles. The number of benzene rings is 5. The van der Waals surface area contributed by atoms with E-state index in [0.717, 1.165) is 61.3 Å². The molecule has 0 aliphatic rings. The van der Waals surface area contributed by atoms with Crippen LogP contribution in [0.2, 0.25) is 0 Å². The number of fused-ring (bicyclic) bond motifs is 3. The molecule has 2 heterocycles. The minimum absolute atomic E-state index is 0.108. The molecular formula is C39H32FN3. The number of aromatic nitrogens is 2. The topological polar surface area (TPSA) is 29.9 Å². The predicted octanol–water partition coefficient (Wildman–Crippen LogP) is 10.7. The number of hydrogen-bond acceptors (Lipinski definition) is 2. The average molecular weight is 562 g/mol. The van der Waals surface area contributed by atoms with Crippen molar-refractivity contribution in [2.75, 3.05) is 5.32 Å². The summed E-state index contributed by atoms with van der Waals surface area (Å²) in [4.78, 5) is 4.79. The van der Waals surface area contributed by atoms with Crippen LogP contribution in [0.5, 0.6) is 0 Å². The van der Waals surface area contributed by atoms with E-state index in [2.05, 4.69) is 103 Å². The maximum Gasteiger partial charge on any atom is 0.123 e. The molecule has 0 radical (unpaired) electrons. The van der Waals surface area contributed by atoms with Crippen molar-refractivity contribution in [3.8, 4) is 27.9 Å². The fourth-order valence-corrected chi connectivity index (χ4v) is 5.70. The van der Waals surface area contributed by atoms with Gasteiger partial charge in [-0.1, -0.05) is 75.4 Å². The smallest absolute Gasteiger partial charge is 0.123 e. The molecular weight excluding hydrogens is 529 g/mol. The van der Waals surface area contributed by atoms with Gasteiger partial charge in [0.05, 0.1) is 16.6 Å². The Labute approximate surface area is 251 Å². The van der Waals surface area contributed by atoms with Gasteiger partial charge in [0.2, 0.25) is 0 Å². The van der Waals surface area contributed by atoms with Gasteiger partial charge in [-0.05, 0) is 106 Å². The Balaban J connectivity index is 1.17. The minimum Gasteiger partial charge on any atom is -0.356 e. The van der Waals surface area contributed by atoms with Crippen LogP contribution in [0.4, 0.5) is 15.8 Å². The van der Waals surface area contributed by atoms with E-state index in [4.69, 9.17) is 4.98 Å². The van der Waals surface area contributed by atoms with E-state index < -0.39 is 0 Å². The molecule has 5 aromatic carbocycles. The minimum atomic E-state index is -0.226. The van der Waals surface area contributed by atoms with Gasteiger partial charge in [0.25, 0.3) is 0 Å². The summed E-state index contributed by atoms with van der Waals surface area (Å²) in [7, 11) is 0. The van der Waals surface area contributed by atoms with Crippen LogP contribution in [0.1, 0.15) is 26.3 Å². The molecule has 7 aromatic rings. The summed E-state index contributed by atoms with van der Waals surface area (Å²) < 4.78 is 15.6. The van der Waals surface area contributed by atoms with Gasteiger partial charge >= 0.3 is 0 Å². The molecule has 0 aliphatic carbocycles. The lowest BCUT2D eigenvalue weighted by molar-refractivity contribution is 0.590. The summed E-state index contributed by atoms with van der Waals surface area (Å²) in [6, 6.07) is 42.9. The van der Waals surface area contributed by atoms with E-state index in [0.29, 0.717) is 0 Å². The first-order valence-corrected chi connectivity index (χ1v) is 14.6. The van der Waals surface area contributed by atoms with E-state index in [1.807, 2.05) is 36.5 Å². The van der Waals surface area contributed by atoms with Gasteiger partial charge in [0, 0.05) is 28.6 Å². The van der Waals surface area contributed by atoms with Crippen LogP contribution in [0.15, 0.2) is 134 Å². The summed E-state index contributed by atoms with van der Waals surface area (Å²) in [5, 5.41) is 4.62. The molecule has 2 aromatic heterocycles. The highest BCUT2D eigenvalue weighted by Crippen LogP contribution is 2.35. The lowest BCUT2D eigenvalue weighted by Gasteiger charge is -2.19. The van der Waals surface area contributed by atoms with E-state index in [9.17, 15) is 4.39 Å². The average Bonchev–Trinajstić information content (AvgIpc) is 3.36. The molecule has 1 N–H and O–H groups in total. The molecule has 0 spiro atoms. The fourth-order valence-electron chi connectivity index (χ4n) is 5.70. The SMILES string of the molecule is CC(C)(C)c1ccc(-n2c3ccc(-c4ccc(Nc5ccc(-c6ccc(F)cc6)cc5)cc4)cc3c3ncccc32)cc1. The van der Waals surface area contributed by atoms with Crippen LogP contribution in [0.25, 0.3) is 49.9 Å². The van der Waals surface area contributed by atoms with E-state index in [-0.39, 0.29) is 11.2 Å². The lowest BCUT2D eigenvalue weighted by atomic mass is 9.87.